The summed E-state index contributed by atoms with van der Waals surface area (Å²) < 4.78 is 60.6. The first-order valence-corrected chi connectivity index (χ1v) is 6.14. The predicted octanol–water partition coefficient (Wildman–Crippen LogP) is 3.09. The van der Waals surface area contributed by atoms with Crippen LogP contribution in [0.3, 0.4) is 0 Å². The van der Waals surface area contributed by atoms with Gasteiger partial charge in [-0.25, -0.2) is 0 Å². The van der Waals surface area contributed by atoms with Gasteiger partial charge in [0.1, 0.15) is 0 Å². The van der Waals surface area contributed by atoms with E-state index in [1.165, 1.54) is 11.8 Å². The van der Waals surface area contributed by atoms with Crippen LogP contribution in [0.25, 0.3) is 0 Å². The number of halogens is 5. The summed E-state index contributed by atoms with van der Waals surface area (Å²) >= 11 is 1.24. The van der Waals surface area contributed by atoms with Crippen LogP contribution >= 0.6 is 11.8 Å². The fourth-order valence-electron chi connectivity index (χ4n) is 1.09. The SMILES string of the molecule is O=C(NCCSc1ccccc1)C(F)(F)C(F)(F)F. The highest BCUT2D eigenvalue weighted by atomic mass is 32.2. The Morgan fingerprint density at radius 2 is 1.68 bits per heavy atom. The Morgan fingerprint density at radius 3 is 2.21 bits per heavy atom. The van der Waals surface area contributed by atoms with E-state index in [1.807, 2.05) is 0 Å². The first-order chi connectivity index (χ1) is 8.75. The fourth-order valence-corrected chi connectivity index (χ4v) is 1.88. The van der Waals surface area contributed by atoms with E-state index >= 15 is 0 Å². The van der Waals surface area contributed by atoms with Crippen LogP contribution in [0, 0.1) is 0 Å². The molecule has 106 valence electrons. The number of carbonyl (C=O) groups excluding carboxylic acids is 1. The number of hydrogen-bond donors (Lipinski definition) is 1. The third-order valence-corrected chi connectivity index (χ3v) is 3.05. The second-order valence-corrected chi connectivity index (χ2v) is 4.66. The molecule has 1 aromatic carbocycles. The van der Waals surface area contributed by atoms with Crippen LogP contribution < -0.4 is 5.32 Å². The summed E-state index contributed by atoms with van der Waals surface area (Å²) in [4.78, 5) is 11.6. The normalized spacial score (nSPS) is 12.3. The molecular weight excluding hydrogens is 289 g/mol. The number of hydrogen-bond acceptors (Lipinski definition) is 2. The van der Waals surface area contributed by atoms with E-state index in [0.717, 1.165) is 4.90 Å². The second-order valence-electron chi connectivity index (χ2n) is 3.49. The molecule has 0 fully saturated rings. The van der Waals surface area contributed by atoms with E-state index in [9.17, 15) is 26.7 Å². The van der Waals surface area contributed by atoms with E-state index in [0.29, 0.717) is 0 Å². The van der Waals surface area contributed by atoms with Crippen molar-refractivity contribution in [2.75, 3.05) is 12.3 Å². The number of carbonyl (C=O) groups is 1. The maximum Gasteiger partial charge on any atom is 0.463 e. The standard InChI is InChI=1S/C11H10F5NOS/c12-10(13,11(14,15)16)9(18)17-6-7-19-8-4-2-1-3-5-8/h1-5H,6-7H2,(H,17,18). The lowest BCUT2D eigenvalue weighted by atomic mass is 10.3. The Labute approximate surface area is 110 Å². The Hall–Kier alpha value is -1.31. The van der Waals surface area contributed by atoms with Gasteiger partial charge in [-0.05, 0) is 12.1 Å². The maximum atomic E-state index is 12.5. The summed E-state index contributed by atoms with van der Waals surface area (Å²) in [5.74, 6) is -7.48. The molecule has 19 heavy (non-hydrogen) atoms. The maximum absolute atomic E-state index is 12.5. The van der Waals surface area contributed by atoms with Crippen molar-refractivity contribution in [3.8, 4) is 0 Å². The zero-order chi connectivity index (χ0) is 14.5. The molecule has 0 saturated heterocycles. The number of amides is 1. The van der Waals surface area contributed by atoms with Gasteiger partial charge in [0.25, 0.3) is 5.91 Å². The van der Waals surface area contributed by atoms with E-state index in [4.69, 9.17) is 0 Å². The van der Waals surface area contributed by atoms with Crippen molar-refractivity contribution in [1.29, 1.82) is 0 Å². The van der Waals surface area contributed by atoms with Gasteiger partial charge in [-0.15, -0.1) is 11.8 Å². The quantitative estimate of drug-likeness (QED) is 0.514. The molecule has 0 aliphatic heterocycles. The molecule has 0 heterocycles. The summed E-state index contributed by atoms with van der Waals surface area (Å²) in [6.07, 6.45) is -5.87. The second kappa shape index (κ2) is 6.23. The molecule has 1 amide bonds. The molecule has 0 aromatic heterocycles. The Morgan fingerprint density at radius 1 is 1.11 bits per heavy atom. The smallest absolute Gasteiger partial charge is 0.350 e. The molecule has 8 heteroatoms. The molecule has 0 aliphatic rings. The van der Waals surface area contributed by atoms with Crippen LogP contribution in [0.2, 0.25) is 0 Å². The van der Waals surface area contributed by atoms with Crippen LogP contribution in [0.15, 0.2) is 35.2 Å². The van der Waals surface area contributed by atoms with Crippen molar-refractivity contribution >= 4 is 17.7 Å². The van der Waals surface area contributed by atoms with Gasteiger partial charge in [-0.2, -0.15) is 22.0 Å². The number of alkyl halides is 5. The van der Waals surface area contributed by atoms with Crippen molar-refractivity contribution < 1.29 is 26.7 Å². The predicted molar refractivity (Wildman–Crippen MR) is 61.2 cm³/mol. The van der Waals surface area contributed by atoms with Gasteiger partial charge in [0.05, 0.1) is 0 Å². The first-order valence-electron chi connectivity index (χ1n) is 5.16. The first kappa shape index (κ1) is 15.7. The highest BCUT2D eigenvalue weighted by Crippen LogP contribution is 2.35. The molecule has 1 aromatic rings. The minimum Gasteiger partial charge on any atom is -0.350 e. The molecule has 0 atom stereocenters. The Kier molecular flexibility index (Phi) is 5.16. The van der Waals surface area contributed by atoms with Gasteiger partial charge in [0.15, 0.2) is 0 Å². The third-order valence-electron chi connectivity index (χ3n) is 2.04. The lowest BCUT2D eigenvalue weighted by Gasteiger charge is -2.18. The van der Waals surface area contributed by atoms with E-state index in [1.54, 1.807) is 35.6 Å². The highest BCUT2D eigenvalue weighted by molar-refractivity contribution is 7.99. The molecule has 2 nitrogen and oxygen atoms in total. The van der Waals surface area contributed by atoms with Crippen LogP contribution in [-0.2, 0) is 4.79 Å². The molecule has 0 radical (unpaired) electrons. The monoisotopic (exact) mass is 299 g/mol. The molecule has 0 aliphatic carbocycles. The van der Waals surface area contributed by atoms with Crippen molar-refractivity contribution in [2.24, 2.45) is 0 Å². The topological polar surface area (TPSA) is 29.1 Å². The zero-order valence-corrected chi connectivity index (χ0v) is 10.3. The van der Waals surface area contributed by atoms with Crippen LogP contribution in [-0.4, -0.2) is 30.3 Å². The van der Waals surface area contributed by atoms with Crippen LogP contribution in [0.4, 0.5) is 22.0 Å². The fraction of sp³-hybridized carbons (Fsp3) is 0.364. The number of nitrogens with one attached hydrogen (secondary N) is 1. The van der Waals surface area contributed by atoms with E-state index < -0.39 is 18.0 Å². The third kappa shape index (κ3) is 4.38. The van der Waals surface area contributed by atoms with Crippen molar-refractivity contribution in [3.05, 3.63) is 30.3 Å². The Balaban J connectivity index is 2.36. The minimum atomic E-state index is -5.87. The van der Waals surface area contributed by atoms with Gasteiger partial charge in [-0.3, -0.25) is 4.79 Å². The van der Waals surface area contributed by atoms with Crippen molar-refractivity contribution in [2.45, 2.75) is 17.0 Å². The average Bonchev–Trinajstić information content (AvgIpc) is 2.34. The number of thioether (sulfide) groups is 1. The molecule has 0 bridgehead atoms. The molecule has 0 unspecified atom stereocenters. The van der Waals surface area contributed by atoms with Crippen LogP contribution in [0.1, 0.15) is 0 Å². The largest absolute Gasteiger partial charge is 0.463 e. The lowest BCUT2D eigenvalue weighted by molar-refractivity contribution is -0.269. The number of benzene rings is 1. The van der Waals surface area contributed by atoms with Gasteiger partial charge >= 0.3 is 12.1 Å². The highest BCUT2D eigenvalue weighted by Gasteiger charge is 2.63. The number of rotatable bonds is 5. The summed E-state index contributed by atoms with van der Waals surface area (Å²) in [6, 6.07) is 8.83. The summed E-state index contributed by atoms with van der Waals surface area (Å²) in [5, 5.41) is 1.57. The van der Waals surface area contributed by atoms with Crippen molar-refractivity contribution in [3.63, 3.8) is 0 Å². The van der Waals surface area contributed by atoms with Gasteiger partial charge in [0, 0.05) is 17.2 Å². The molecule has 0 saturated carbocycles. The van der Waals surface area contributed by atoms with Gasteiger partial charge in [0.2, 0.25) is 0 Å². The molecule has 1 N–H and O–H groups in total. The summed E-state index contributed by atoms with van der Waals surface area (Å²) in [5.41, 5.74) is 0. The van der Waals surface area contributed by atoms with Gasteiger partial charge < -0.3 is 5.32 Å². The average molecular weight is 299 g/mol. The summed E-state index contributed by atoms with van der Waals surface area (Å²) in [6.45, 7) is -0.274. The van der Waals surface area contributed by atoms with Crippen LogP contribution in [0.5, 0.6) is 0 Å². The molecule has 0 spiro atoms. The van der Waals surface area contributed by atoms with E-state index in [2.05, 4.69) is 0 Å². The molecule has 1 rings (SSSR count). The van der Waals surface area contributed by atoms with Gasteiger partial charge in [-0.1, -0.05) is 18.2 Å². The summed E-state index contributed by atoms with van der Waals surface area (Å²) in [7, 11) is 0. The zero-order valence-electron chi connectivity index (χ0n) is 9.51. The minimum absolute atomic E-state index is 0.198. The lowest BCUT2D eigenvalue weighted by Crippen LogP contribution is -2.50. The van der Waals surface area contributed by atoms with E-state index in [-0.39, 0.29) is 12.3 Å². The molecular formula is C11H10F5NOS. The van der Waals surface area contributed by atoms with Crippen molar-refractivity contribution in [1.82, 2.24) is 5.32 Å². The Bertz CT molecular complexity index is 421.